The molecule has 3 rings (SSSR count). The van der Waals surface area contributed by atoms with Crippen LogP contribution in [-0.4, -0.2) is 69.9 Å². The van der Waals surface area contributed by atoms with Crippen LogP contribution in [0.15, 0.2) is 23.2 Å². The standard InChI is InChI=1S/C21H34N4O2/c1-3-22-21(24-15-17(2)16-25-9-12-26-13-10-25)23-8-6-18-4-5-20-19(14-18)7-11-27-20/h4-5,14,17H,3,6-13,15-16H2,1-2H3,(H2,22,23,24). The second-order valence-corrected chi connectivity index (χ2v) is 7.46. The van der Waals surface area contributed by atoms with Gasteiger partial charge in [-0.2, -0.15) is 0 Å². The molecule has 2 aliphatic rings. The van der Waals surface area contributed by atoms with Gasteiger partial charge in [0.2, 0.25) is 0 Å². The van der Waals surface area contributed by atoms with E-state index in [-0.39, 0.29) is 0 Å². The molecule has 0 aliphatic carbocycles. The SMILES string of the molecule is CCNC(=NCC(C)CN1CCOCC1)NCCc1ccc2c(c1)CCO2. The van der Waals surface area contributed by atoms with E-state index in [2.05, 4.69) is 47.6 Å². The maximum atomic E-state index is 5.58. The quantitative estimate of drug-likeness (QED) is 0.536. The molecule has 0 saturated carbocycles. The lowest BCUT2D eigenvalue weighted by molar-refractivity contribution is 0.0323. The van der Waals surface area contributed by atoms with Crippen LogP contribution >= 0.6 is 0 Å². The number of hydrogen-bond acceptors (Lipinski definition) is 4. The second-order valence-electron chi connectivity index (χ2n) is 7.46. The van der Waals surface area contributed by atoms with Gasteiger partial charge in [0, 0.05) is 45.7 Å². The van der Waals surface area contributed by atoms with E-state index in [0.29, 0.717) is 5.92 Å². The van der Waals surface area contributed by atoms with Crippen molar-refractivity contribution in [3.05, 3.63) is 29.3 Å². The van der Waals surface area contributed by atoms with Crippen molar-refractivity contribution < 1.29 is 9.47 Å². The van der Waals surface area contributed by atoms with Crippen molar-refractivity contribution in [1.29, 1.82) is 0 Å². The fourth-order valence-electron chi connectivity index (χ4n) is 3.59. The summed E-state index contributed by atoms with van der Waals surface area (Å²) in [4.78, 5) is 7.26. The summed E-state index contributed by atoms with van der Waals surface area (Å²) in [5.74, 6) is 2.50. The van der Waals surface area contributed by atoms with Gasteiger partial charge in [-0.15, -0.1) is 0 Å². The van der Waals surface area contributed by atoms with E-state index in [0.717, 1.165) is 83.6 Å². The van der Waals surface area contributed by atoms with Gasteiger partial charge in [0.25, 0.3) is 0 Å². The molecule has 2 N–H and O–H groups in total. The van der Waals surface area contributed by atoms with E-state index in [4.69, 9.17) is 14.5 Å². The van der Waals surface area contributed by atoms with E-state index in [1.807, 2.05) is 0 Å². The normalized spacial score (nSPS) is 18.7. The molecule has 6 heteroatoms. The highest BCUT2D eigenvalue weighted by atomic mass is 16.5. The van der Waals surface area contributed by atoms with E-state index in [1.54, 1.807) is 0 Å². The first-order valence-corrected chi connectivity index (χ1v) is 10.3. The maximum Gasteiger partial charge on any atom is 0.191 e. The summed E-state index contributed by atoms with van der Waals surface area (Å²) in [5, 5.41) is 6.82. The molecule has 150 valence electrons. The van der Waals surface area contributed by atoms with E-state index in [1.165, 1.54) is 11.1 Å². The number of benzene rings is 1. The number of nitrogens with one attached hydrogen (secondary N) is 2. The fourth-order valence-corrected chi connectivity index (χ4v) is 3.59. The first kappa shape index (κ1) is 20.0. The van der Waals surface area contributed by atoms with Crippen molar-refractivity contribution in [3.63, 3.8) is 0 Å². The summed E-state index contributed by atoms with van der Waals surface area (Å²) in [7, 11) is 0. The van der Waals surface area contributed by atoms with Crippen LogP contribution in [-0.2, 0) is 17.6 Å². The first-order valence-electron chi connectivity index (χ1n) is 10.3. The summed E-state index contributed by atoms with van der Waals surface area (Å²) in [6.07, 6.45) is 2.02. The Kier molecular flexibility index (Phi) is 7.78. The average Bonchev–Trinajstić information content (AvgIpc) is 3.15. The minimum atomic E-state index is 0.537. The van der Waals surface area contributed by atoms with Crippen molar-refractivity contribution in [3.8, 4) is 5.75 Å². The lowest BCUT2D eigenvalue weighted by Crippen LogP contribution is -2.40. The van der Waals surface area contributed by atoms with E-state index < -0.39 is 0 Å². The highest BCUT2D eigenvalue weighted by molar-refractivity contribution is 5.79. The number of rotatable bonds is 8. The molecule has 0 aromatic heterocycles. The third kappa shape index (κ3) is 6.40. The molecule has 0 amide bonds. The van der Waals surface area contributed by atoms with Crippen molar-refractivity contribution in [1.82, 2.24) is 15.5 Å². The van der Waals surface area contributed by atoms with Gasteiger partial charge in [0.15, 0.2) is 5.96 Å². The zero-order valence-corrected chi connectivity index (χ0v) is 16.8. The van der Waals surface area contributed by atoms with E-state index in [9.17, 15) is 0 Å². The third-order valence-corrected chi connectivity index (χ3v) is 5.04. The maximum absolute atomic E-state index is 5.58. The molecular weight excluding hydrogens is 340 g/mol. The van der Waals surface area contributed by atoms with Crippen LogP contribution in [0.1, 0.15) is 25.0 Å². The van der Waals surface area contributed by atoms with Gasteiger partial charge in [0.1, 0.15) is 5.75 Å². The van der Waals surface area contributed by atoms with Crippen LogP contribution in [0.3, 0.4) is 0 Å². The van der Waals surface area contributed by atoms with Crippen LogP contribution < -0.4 is 15.4 Å². The average molecular weight is 375 g/mol. The van der Waals surface area contributed by atoms with Crippen LogP contribution in [0.25, 0.3) is 0 Å². The van der Waals surface area contributed by atoms with Gasteiger partial charge in [-0.25, -0.2) is 0 Å². The zero-order valence-electron chi connectivity index (χ0n) is 16.8. The van der Waals surface area contributed by atoms with Gasteiger partial charge in [0.05, 0.1) is 19.8 Å². The summed E-state index contributed by atoms with van der Waals surface area (Å²) in [5.41, 5.74) is 2.69. The van der Waals surface area contributed by atoms with Gasteiger partial charge in [-0.05, 0) is 36.5 Å². The highest BCUT2D eigenvalue weighted by Crippen LogP contribution is 2.25. The second kappa shape index (κ2) is 10.5. The Morgan fingerprint density at radius 3 is 2.89 bits per heavy atom. The fraction of sp³-hybridized carbons (Fsp3) is 0.667. The van der Waals surface area contributed by atoms with E-state index >= 15 is 0 Å². The Hall–Kier alpha value is -1.79. The van der Waals surface area contributed by atoms with Gasteiger partial charge < -0.3 is 20.1 Å². The highest BCUT2D eigenvalue weighted by Gasteiger charge is 2.14. The van der Waals surface area contributed by atoms with Crippen molar-refractivity contribution in [2.45, 2.75) is 26.7 Å². The van der Waals surface area contributed by atoms with Gasteiger partial charge >= 0.3 is 0 Å². The number of aliphatic imine (C=N–C) groups is 1. The van der Waals surface area contributed by atoms with Crippen molar-refractivity contribution in [2.24, 2.45) is 10.9 Å². The molecule has 1 unspecified atom stereocenters. The minimum absolute atomic E-state index is 0.537. The molecule has 1 saturated heterocycles. The Balaban J connectivity index is 1.42. The molecule has 1 fully saturated rings. The monoisotopic (exact) mass is 374 g/mol. The molecule has 6 nitrogen and oxygen atoms in total. The minimum Gasteiger partial charge on any atom is -0.493 e. The van der Waals surface area contributed by atoms with Crippen LogP contribution in [0.5, 0.6) is 5.75 Å². The Morgan fingerprint density at radius 1 is 1.22 bits per heavy atom. The van der Waals surface area contributed by atoms with Crippen LogP contribution in [0, 0.1) is 5.92 Å². The van der Waals surface area contributed by atoms with Crippen molar-refractivity contribution >= 4 is 5.96 Å². The number of nitrogens with zero attached hydrogens (tertiary/aromatic N) is 2. The Bertz CT molecular complexity index is 614. The largest absolute Gasteiger partial charge is 0.493 e. The topological polar surface area (TPSA) is 58.1 Å². The van der Waals surface area contributed by atoms with Gasteiger partial charge in [-0.1, -0.05) is 19.1 Å². The molecule has 2 heterocycles. The first-order chi connectivity index (χ1) is 13.2. The number of guanidine groups is 1. The summed E-state index contributed by atoms with van der Waals surface area (Å²) < 4.78 is 11.0. The number of hydrogen-bond donors (Lipinski definition) is 2. The number of morpholine rings is 1. The predicted octanol–water partition coefficient (Wildman–Crippen LogP) is 1.69. The molecule has 27 heavy (non-hydrogen) atoms. The molecule has 0 spiro atoms. The van der Waals surface area contributed by atoms with Crippen molar-refractivity contribution in [2.75, 3.05) is 59.1 Å². The molecular formula is C21H34N4O2. The number of ether oxygens (including phenoxy) is 2. The molecule has 1 aromatic rings. The summed E-state index contributed by atoms with van der Waals surface area (Å²) in [6.45, 7) is 12.7. The zero-order chi connectivity index (χ0) is 18.9. The van der Waals surface area contributed by atoms with Crippen LogP contribution in [0.4, 0.5) is 0 Å². The van der Waals surface area contributed by atoms with Crippen LogP contribution in [0.2, 0.25) is 0 Å². The summed E-state index contributed by atoms with van der Waals surface area (Å²) >= 11 is 0. The van der Waals surface area contributed by atoms with Gasteiger partial charge in [-0.3, -0.25) is 9.89 Å². The lowest BCUT2D eigenvalue weighted by Gasteiger charge is -2.28. The molecule has 1 atom stereocenters. The molecule has 0 radical (unpaired) electrons. The Labute approximate surface area is 163 Å². The lowest BCUT2D eigenvalue weighted by atomic mass is 10.1. The smallest absolute Gasteiger partial charge is 0.191 e. The third-order valence-electron chi connectivity index (χ3n) is 5.04. The summed E-state index contributed by atoms with van der Waals surface area (Å²) in [6, 6.07) is 6.54. The predicted molar refractivity (Wildman–Crippen MR) is 110 cm³/mol. The Morgan fingerprint density at radius 2 is 2.07 bits per heavy atom. The molecule has 1 aromatic carbocycles. The molecule has 2 aliphatic heterocycles. The molecule has 0 bridgehead atoms. The number of fused-ring (bicyclic) bond motifs is 1.